The van der Waals surface area contributed by atoms with Gasteiger partial charge in [0.15, 0.2) is 0 Å². The molecule has 0 spiro atoms. The van der Waals surface area contributed by atoms with Gasteiger partial charge < -0.3 is 20.5 Å². The first-order valence-corrected chi connectivity index (χ1v) is 8.11. The van der Waals surface area contributed by atoms with Crippen LogP contribution in [0, 0.1) is 0 Å². The quantitative estimate of drug-likeness (QED) is 0.731. The molecule has 0 saturated heterocycles. The largest absolute Gasteiger partial charge is 0.496 e. The average molecular weight is 326 g/mol. The topological polar surface area (TPSA) is 70.6 Å². The summed E-state index contributed by atoms with van der Waals surface area (Å²) in [5, 5.41) is 15.8. The van der Waals surface area contributed by atoms with Gasteiger partial charge in [0.25, 0.3) is 0 Å². The van der Waals surface area contributed by atoms with E-state index in [0.717, 1.165) is 24.1 Å². The number of aliphatic hydroxyl groups excluding tert-OH is 1. The van der Waals surface area contributed by atoms with Gasteiger partial charge in [-0.3, -0.25) is 4.79 Å². The summed E-state index contributed by atoms with van der Waals surface area (Å²) >= 11 is 0. The number of carbonyl (C=O) groups is 1. The van der Waals surface area contributed by atoms with Gasteiger partial charge in [0, 0.05) is 17.3 Å². The van der Waals surface area contributed by atoms with E-state index in [9.17, 15) is 9.90 Å². The second-order valence-corrected chi connectivity index (χ2v) is 5.96. The molecular weight excluding hydrogens is 304 g/mol. The van der Waals surface area contributed by atoms with Crippen LogP contribution in [0.15, 0.2) is 48.5 Å². The highest BCUT2D eigenvalue weighted by Gasteiger charge is 2.28. The zero-order chi connectivity index (χ0) is 16.9. The minimum atomic E-state index is -0.480. The number of nitrogens with one attached hydrogen (secondary N) is 2. The highest BCUT2D eigenvalue weighted by molar-refractivity contribution is 5.86. The molecular formula is C19H22N2O3. The van der Waals surface area contributed by atoms with Crippen LogP contribution in [-0.2, 0) is 11.4 Å². The molecule has 1 aliphatic rings. The number of amides is 1. The van der Waals surface area contributed by atoms with E-state index in [0.29, 0.717) is 17.4 Å². The summed E-state index contributed by atoms with van der Waals surface area (Å²) in [5.74, 6) is 0.590. The van der Waals surface area contributed by atoms with Gasteiger partial charge in [0.1, 0.15) is 11.8 Å². The molecule has 2 aromatic carbocycles. The van der Waals surface area contributed by atoms with Gasteiger partial charge in [-0.1, -0.05) is 30.3 Å². The van der Waals surface area contributed by atoms with E-state index >= 15 is 0 Å². The molecule has 0 radical (unpaired) electrons. The van der Waals surface area contributed by atoms with Crippen molar-refractivity contribution in [1.82, 2.24) is 5.32 Å². The van der Waals surface area contributed by atoms with Crippen LogP contribution in [0.3, 0.4) is 0 Å². The molecule has 5 heteroatoms. The zero-order valence-corrected chi connectivity index (χ0v) is 13.7. The Morgan fingerprint density at radius 3 is 2.62 bits per heavy atom. The van der Waals surface area contributed by atoms with Crippen molar-refractivity contribution >= 4 is 11.6 Å². The molecule has 1 saturated carbocycles. The van der Waals surface area contributed by atoms with Gasteiger partial charge in [-0.05, 0) is 36.6 Å². The third kappa shape index (κ3) is 3.86. The van der Waals surface area contributed by atoms with Crippen LogP contribution < -0.4 is 15.4 Å². The summed E-state index contributed by atoms with van der Waals surface area (Å²) in [4.78, 5) is 12.6. The molecule has 3 rings (SSSR count). The van der Waals surface area contributed by atoms with E-state index in [1.165, 1.54) is 0 Å². The number of rotatable bonds is 7. The first-order chi connectivity index (χ1) is 11.7. The van der Waals surface area contributed by atoms with Gasteiger partial charge in [-0.15, -0.1) is 0 Å². The maximum Gasteiger partial charge on any atom is 0.247 e. The standard InChI is InChI=1S/C19H22N2O3/c1-24-17-10-9-16(11-14(17)12-22)20-18(13-5-3-2-4-6-13)19(23)21-15-7-8-15/h2-6,9-11,15,18,20,22H,7-8,12H2,1H3,(H,21,23). The molecule has 3 N–H and O–H groups in total. The van der Waals surface area contributed by atoms with Crippen molar-refractivity contribution in [1.29, 1.82) is 0 Å². The number of aliphatic hydroxyl groups is 1. The second kappa shape index (κ2) is 7.36. The molecule has 0 aliphatic heterocycles. The number of methoxy groups -OCH3 is 1. The van der Waals surface area contributed by atoms with E-state index in [1.54, 1.807) is 19.2 Å². The second-order valence-electron chi connectivity index (χ2n) is 5.96. The lowest BCUT2D eigenvalue weighted by Gasteiger charge is -2.21. The highest BCUT2D eigenvalue weighted by atomic mass is 16.5. The predicted octanol–water partition coefficient (Wildman–Crippen LogP) is 2.62. The minimum absolute atomic E-state index is 0.0370. The van der Waals surface area contributed by atoms with E-state index in [-0.39, 0.29) is 12.5 Å². The lowest BCUT2D eigenvalue weighted by Crippen LogP contribution is -2.34. The number of hydrogen-bond acceptors (Lipinski definition) is 4. The summed E-state index contributed by atoms with van der Waals surface area (Å²) in [6.45, 7) is -0.122. The van der Waals surface area contributed by atoms with Crippen LogP contribution in [0.4, 0.5) is 5.69 Å². The summed E-state index contributed by atoms with van der Waals surface area (Å²) in [5.41, 5.74) is 2.34. The number of benzene rings is 2. The predicted molar refractivity (Wildman–Crippen MR) is 92.9 cm³/mol. The smallest absolute Gasteiger partial charge is 0.247 e. The molecule has 24 heavy (non-hydrogen) atoms. The summed E-state index contributed by atoms with van der Waals surface area (Å²) in [6.07, 6.45) is 2.09. The van der Waals surface area contributed by atoms with Gasteiger partial charge >= 0.3 is 0 Å². The summed E-state index contributed by atoms with van der Waals surface area (Å²) < 4.78 is 5.22. The third-order valence-corrected chi connectivity index (χ3v) is 4.08. The number of ether oxygens (including phenoxy) is 1. The van der Waals surface area contributed by atoms with E-state index in [4.69, 9.17) is 4.74 Å². The Labute approximate surface area is 141 Å². The fourth-order valence-corrected chi connectivity index (χ4v) is 2.62. The van der Waals surface area contributed by atoms with Crippen molar-refractivity contribution in [3.63, 3.8) is 0 Å². The summed E-state index contributed by atoms with van der Waals surface area (Å²) in [6, 6.07) is 14.9. The molecule has 5 nitrogen and oxygen atoms in total. The molecule has 1 aliphatic carbocycles. The molecule has 0 aromatic heterocycles. The van der Waals surface area contributed by atoms with Crippen molar-refractivity contribution in [3.05, 3.63) is 59.7 Å². The van der Waals surface area contributed by atoms with Crippen molar-refractivity contribution < 1.29 is 14.6 Å². The monoisotopic (exact) mass is 326 g/mol. The van der Waals surface area contributed by atoms with Crippen LogP contribution in [0.25, 0.3) is 0 Å². The van der Waals surface area contributed by atoms with Gasteiger partial charge in [0.2, 0.25) is 5.91 Å². The fourth-order valence-electron chi connectivity index (χ4n) is 2.62. The van der Waals surface area contributed by atoms with Crippen LogP contribution in [-0.4, -0.2) is 24.2 Å². The maximum absolute atomic E-state index is 12.6. The molecule has 1 unspecified atom stereocenters. The molecule has 1 fully saturated rings. The maximum atomic E-state index is 12.6. The zero-order valence-electron chi connectivity index (χ0n) is 13.7. The Hall–Kier alpha value is -2.53. The average Bonchev–Trinajstić information content (AvgIpc) is 3.44. The molecule has 2 aromatic rings. The summed E-state index contributed by atoms with van der Waals surface area (Å²) in [7, 11) is 1.57. The van der Waals surface area contributed by atoms with E-state index in [1.807, 2.05) is 36.4 Å². The molecule has 1 amide bonds. The number of hydrogen-bond donors (Lipinski definition) is 3. The van der Waals surface area contributed by atoms with Crippen LogP contribution in [0.1, 0.15) is 30.0 Å². The van der Waals surface area contributed by atoms with Gasteiger partial charge in [-0.2, -0.15) is 0 Å². The van der Waals surface area contributed by atoms with Crippen molar-refractivity contribution in [2.75, 3.05) is 12.4 Å². The van der Waals surface area contributed by atoms with E-state index < -0.39 is 6.04 Å². The highest BCUT2D eigenvalue weighted by Crippen LogP contribution is 2.27. The van der Waals surface area contributed by atoms with Crippen LogP contribution in [0.2, 0.25) is 0 Å². The molecule has 126 valence electrons. The van der Waals surface area contributed by atoms with Crippen LogP contribution in [0.5, 0.6) is 5.75 Å². The lowest BCUT2D eigenvalue weighted by atomic mass is 10.1. The van der Waals surface area contributed by atoms with E-state index in [2.05, 4.69) is 10.6 Å². The van der Waals surface area contributed by atoms with Gasteiger partial charge in [0.05, 0.1) is 13.7 Å². The Morgan fingerprint density at radius 1 is 1.25 bits per heavy atom. The molecule has 1 atom stereocenters. The minimum Gasteiger partial charge on any atom is -0.496 e. The molecule has 0 bridgehead atoms. The first-order valence-electron chi connectivity index (χ1n) is 8.11. The Kier molecular flexibility index (Phi) is 5.01. The van der Waals surface area contributed by atoms with Crippen LogP contribution >= 0.6 is 0 Å². The third-order valence-electron chi connectivity index (χ3n) is 4.08. The van der Waals surface area contributed by atoms with Crippen molar-refractivity contribution in [2.24, 2.45) is 0 Å². The SMILES string of the molecule is COc1ccc(NC(C(=O)NC2CC2)c2ccccc2)cc1CO. The fraction of sp³-hybridized carbons (Fsp3) is 0.316. The van der Waals surface area contributed by atoms with Gasteiger partial charge in [-0.25, -0.2) is 0 Å². The Balaban J connectivity index is 1.84. The first kappa shape index (κ1) is 16.3. The Bertz CT molecular complexity index is 699. The Morgan fingerprint density at radius 2 is 2.00 bits per heavy atom. The number of anilines is 1. The number of carbonyl (C=O) groups excluding carboxylic acids is 1. The normalized spacial score (nSPS) is 14.8. The lowest BCUT2D eigenvalue weighted by molar-refractivity contribution is -0.122. The molecule has 0 heterocycles. The van der Waals surface area contributed by atoms with Crippen molar-refractivity contribution in [3.8, 4) is 5.75 Å². The van der Waals surface area contributed by atoms with Crippen molar-refractivity contribution in [2.45, 2.75) is 31.5 Å².